The summed E-state index contributed by atoms with van der Waals surface area (Å²) in [6.07, 6.45) is 2.94. The van der Waals surface area contributed by atoms with Crippen LogP contribution in [0.3, 0.4) is 0 Å². The maximum absolute atomic E-state index is 12.9. The predicted octanol–water partition coefficient (Wildman–Crippen LogP) is 4.49. The van der Waals surface area contributed by atoms with Gasteiger partial charge in [-0.1, -0.05) is 18.6 Å². The highest BCUT2D eigenvalue weighted by Crippen LogP contribution is 2.24. The lowest BCUT2D eigenvalue weighted by Gasteiger charge is -2.19. The van der Waals surface area contributed by atoms with Crippen LogP contribution < -0.4 is 21.5 Å². The van der Waals surface area contributed by atoms with Crippen molar-refractivity contribution in [3.05, 3.63) is 54.1 Å². The van der Waals surface area contributed by atoms with E-state index in [0.29, 0.717) is 24.2 Å². The van der Waals surface area contributed by atoms with Gasteiger partial charge >= 0.3 is 0 Å². The summed E-state index contributed by atoms with van der Waals surface area (Å²) in [5.74, 6) is -0.384. The van der Waals surface area contributed by atoms with E-state index in [2.05, 4.69) is 15.0 Å². The Labute approximate surface area is 198 Å². The Balaban J connectivity index is 1.85. The number of alkyl halides is 1. The third-order valence-electron chi connectivity index (χ3n) is 4.87. The summed E-state index contributed by atoms with van der Waals surface area (Å²) in [6, 6.07) is 14.5. The molecule has 0 aliphatic heterocycles. The lowest BCUT2D eigenvalue weighted by atomic mass is 9.94. The van der Waals surface area contributed by atoms with Crippen LogP contribution in [0.1, 0.15) is 45.1 Å². The zero-order valence-corrected chi connectivity index (χ0v) is 19.9. The SMILES string of the molecule is CC(C)(CF)C(=O)Nc1ccc(NSc2ccc(C(N)=NC(=O)CCCCCN)cc2)cc1. The van der Waals surface area contributed by atoms with Crippen molar-refractivity contribution in [1.82, 2.24) is 0 Å². The zero-order chi connectivity index (χ0) is 24.3. The Morgan fingerprint density at radius 2 is 1.64 bits per heavy atom. The van der Waals surface area contributed by atoms with Gasteiger partial charge in [-0.15, -0.1) is 0 Å². The molecule has 33 heavy (non-hydrogen) atoms. The normalized spacial score (nSPS) is 11.8. The molecule has 0 radical (unpaired) electrons. The van der Waals surface area contributed by atoms with Crippen LogP contribution in [0.4, 0.5) is 15.8 Å². The Morgan fingerprint density at radius 1 is 1.00 bits per heavy atom. The molecule has 2 amide bonds. The van der Waals surface area contributed by atoms with E-state index >= 15 is 0 Å². The van der Waals surface area contributed by atoms with E-state index in [1.54, 1.807) is 26.0 Å². The molecule has 2 rings (SSSR count). The monoisotopic (exact) mass is 473 g/mol. The molecule has 2 aromatic rings. The van der Waals surface area contributed by atoms with Crippen LogP contribution in [0, 0.1) is 5.41 Å². The first-order valence-corrected chi connectivity index (χ1v) is 11.6. The number of carbonyl (C=O) groups is 2. The zero-order valence-electron chi connectivity index (χ0n) is 19.1. The van der Waals surface area contributed by atoms with Crippen LogP contribution in [0.2, 0.25) is 0 Å². The van der Waals surface area contributed by atoms with E-state index in [9.17, 15) is 14.0 Å². The number of nitrogens with zero attached hydrogens (tertiary/aromatic N) is 1. The maximum Gasteiger partial charge on any atom is 0.247 e. The first-order valence-electron chi connectivity index (χ1n) is 10.8. The Morgan fingerprint density at radius 3 is 2.24 bits per heavy atom. The lowest BCUT2D eigenvalue weighted by Crippen LogP contribution is -2.32. The van der Waals surface area contributed by atoms with E-state index in [4.69, 9.17) is 11.5 Å². The number of nitrogens with two attached hydrogens (primary N) is 2. The molecule has 0 fully saturated rings. The first-order chi connectivity index (χ1) is 15.7. The summed E-state index contributed by atoms with van der Waals surface area (Å²) < 4.78 is 16.2. The minimum absolute atomic E-state index is 0.205. The molecule has 0 unspecified atom stereocenters. The van der Waals surface area contributed by atoms with Gasteiger partial charge < -0.3 is 21.5 Å². The highest BCUT2D eigenvalue weighted by molar-refractivity contribution is 8.00. The molecule has 9 heteroatoms. The number of unbranched alkanes of at least 4 members (excludes halogenated alkanes) is 2. The van der Waals surface area contributed by atoms with Gasteiger partial charge in [-0.25, -0.2) is 4.39 Å². The summed E-state index contributed by atoms with van der Waals surface area (Å²) in [5.41, 5.74) is 12.5. The van der Waals surface area contributed by atoms with Gasteiger partial charge in [0.15, 0.2) is 0 Å². The molecule has 0 aliphatic rings. The second-order valence-electron chi connectivity index (χ2n) is 8.27. The maximum atomic E-state index is 12.9. The van der Waals surface area contributed by atoms with E-state index in [-0.39, 0.29) is 17.6 Å². The van der Waals surface area contributed by atoms with Crippen molar-refractivity contribution in [3.63, 3.8) is 0 Å². The lowest BCUT2D eigenvalue weighted by molar-refractivity contribution is -0.124. The number of rotatable bonds is 12. The number of amidine groups is 1. The van der Waals surface area contributed by atoms with Gasteiger partial charge in [0.25, 0.3) is 0 Å². The molecular formula is C24H32FN5O2S. The number of benzene rings is 2. The van der Waals surface area contributed by atoms with E-state index in [1.165, 1.54) is 11.9 Å². The molecule has 2 aromatic carbocycles. The number of aliphatic imine (C=N–C) groups is 1. The number of carbonyl (C=O) groups excluding carboxylic acids is 2. The van der Waals surface area contributed by atoms with Crippen LogP contribution in [-0.4, -0.2) is 30.9 Å². The van der Waals surface area contributed by atoms with Gasteiger partial charge in [0, 0.05) is 28.3 Å². The molecular weight excluding hydrogens is 441 g/mol. The van der Waals surface area contributed by atoms with E-state index < -0.39 is 12.1 Å². The summed E-state index contributed by atoms with van der Waals surface area (Å²) in [5, 5.41) is 2.72. The van der Waals surface area contributed by atoms with E-state index in [0.717, 1.165) is 29.8 Å². The van der Waals surface area contributed by atoms with Gasteiger partial charge in [-0.05, 0) is 81.6 Å². The Hall–Kier alpha value is -2.91. The van der Waals surface area contributed by atoms with Crippen LogP contribution in [0.15, 0.2) is 58.4 Å². The summed E-state index contributed by atoms with van der Waals surface area (Å²) in [7, 11) is 0. The highest BCUT2D eigenvalue weighted by Gasteiger charge is 2.27. The van der Waals surface area contributed by atoms with Gasteiger partial charge in [-0.3, -0.25) is 9.59 Å². The number of amides is 2. The molecule has 178 valence electrons. The number of hydrogen-bond donors (Lipinski definition) is 4. The number of anilines is 2. The van der Waals surface area contributed by atoms with Crippen molar-refractivity contribution in [2.75, 3.05) is 23.3 Å². The fourth-order valence-corrected chi connectivity index (χ4v) is 3.29. The fourth-order valence-electron chi connectivity index (χ4n) is 2.65. The Bertz CT molecular complexity index is 946. The molecule has 0 bridgehead atoms. The number of nitrogens with one attached hydrogen (secondary N) is 2. The summed E-state index contributed by atoms with van der Waals surface area (Å²) in [4.78, 5) is 28.9. The third-order valence-corrected chi connectivity index (χ3v) is 5.71. The molecule has 0 aromatic heterocycles. The minimum Gasteiger partial charge on any atom is -0.383 e. The average Bonchev–Trinajstić information content (AvgIpc) is 2.81. The summed E-state index contributed by atoms with van der Waals surface area (Å²) in [6.45, 7) is 3.02. The van der Waals surface area contributed by atoms with Gasteiger partial charge in [0.1, 0.15) is 12.5 Å². The molecule has 6 N–H and O–H groups in total. The van der Waals surface area contributed by atoms with Crippen molar-refractivity contribution in [3.8, 4) is 0 Å². The van der Waals surface area contributed by atoms with Crippen LogP contribution in [-0.2, 0) is 9.59 Å². The fraction of sp³-hybridized carbons (Fsp3) is 0.375. The smallest absolute Gasteiger partial charge is 0.247 e. The standard InChI is InChI=1S/C24H32FN5O2S/c1-24(2,16-25)23(32)28-18-9-11-19(12-10-18)30-33-20-13-7-17(8-14-20)22(27)29-21(31)6-4-3-5-15-26/h7-14,30H,3-6,15-16,26H2,1-2H3,(H,28,32)(H2,27,29,31). The molecule has 0 aliphatic carbocycles. The van der Waals surface area contributed by atoms with Crippen LogP contribution in [0.5, 0.6) is 0 Å². The molecule has 0 spiro atoms. The van der Waals surface area contributed by atoms with Crippen molar-refractivity contribution >= 4 is 41.0 Å². The summed E-state index contributed by atoms with van der Waals surface area (Å²) >= 11 is 1.41. The highest BCUT2D eigenvalue weighted by atomic mass is 32.2. The van der Waals surface area contributed by atoms with Gasteiger partial charge in [0.2, 0.25) is 11.8 Å². The first kappa shape index (κ1) is 26.3. The largest absolute Gasteiger partial charge is 0.383 e. The average molecular weight is 474 g/mol. The minimum atomic E-state index is -1.06. The topological polar surface area (TPSA) is 123 Å². The predicted molar refractivity (Wildman–Crippen MR) is 134 cm³/mol. The van der Waals surface area contributed by atoms with E-state index in [1.807, 2.05) is 36.4 Å². The van der Waals surface area contributed by atoms with Crippen LogP contribution >= 0.6 is 11.9 Å². The van der Waals surface area contributed by atoms with Gasteiger partial charge in [-0.2, -0.15) is 4.99 Å². The van der Waals surface area contributed by atoms with Crippen molar-refractivity contribution in [2.45, 2.75) is 44.4 Å². The quantitative estimate of drug-likeness (QED) is 0.156. The van der Waals surface area contributed by atoms with Gasteiger partial charge in [0.05, 0.1) is 5.41 Å². The van der Waals surface area contributed by atoms with Crippen LogP contribution in [0.25, 0.3) is 0 Å². The molecule has 0 heterocycles. The molecule has 0 saturated carbocycles. The second-order valence-corrected chi connectivity index (χ2v) is 9.15. The second kappa shape index (κ2) is 13.0. The molecule has 7 nitrogen and oxygen atoms in total. The van der Waals surface area contributed by atoms with Crippen molar-refractivity contribution < 1.29 is 14.0 Å². The number of hydrogen-bond acceptors (Lipinski definition) is 5. The third kappa shape index (κ3) is 8.86. The van der Waals surface area contributed by atoms with Crippen molar-refractivity contribution in [1.29, 1.82) is 0 Å². The number of halogens is 1. The molecule has 0 atom stereocenters. The van der Waals surface area contributed by atoms with Crippen molar-refractivity contribution in [2.24, 2.45) is 21.9 Å². The Kier molecular flexibility index (Phi) is 10.3. The molecule has 0 saturated heterocycles.